The molecule has 0 N–H and O–H groups in total. The molecule has 0 radical (unpaired) electrons. The van der Waals surface area contributed by atoms with Gasteiger partial charge in [0.15, 0.2) is 11.5 Å². The molecule has 0 spiro atoms. The quantitative estimate of drug-likeness (QED) is 0.344. The summed E-state index contributed by atoms with van der Waals surface area (Å²) in [7, 11) is 0. The largest absolute Gasteiger partial charge is 0.586 e. The third-order valence-electron chi connectivity index (χ3n) is 6.60. The molecule has 1 amide bonds. The molecule has 0 unspecified atom stereocenters. The molecule has 0 atom stereocenters. The van der Waals surface area contributed by atoms with Crippen LogP contribution in [-0.2, 0) is 23.2 Å². The fourth-order valence-corrected chi connectivity index (χ4v) is 4.58. The highest BCUT2D eigenvalue weighted by Crippen LogP contribution is 2.42. The molecular formula is C29H28F2N4O4. The fraction of sp³-hybridized carbons (Fsp3) is 0.310. The Morgan fingerprint density at radius 1 is 1.05 bits per heavy atom. The summed E-state index contributed by atoms with van der Waals surface area (Å²) in [6.07, 6.45) is 0.0723. The molecule has 4 aromatic rings. The maximum absolute atomic E-state index is 13.6. The highest BCUT2D eigenvalue weighted by Gasteiger charge is 2.43. The average molecular weight is 535 g/mol. The van der Waals surface area contributed by atoms with E-state index in [4.69, 9.17) is 0 Å². The van der Waals surface area contributed by atoms with Gasteiger partial charge in [0.25, 0.3) is 5.56 Å². The van der Waals surface area contributed by atoms with E-state index in [1.165, 1.54) is 27.8 Å². The average Bonchev–Trinajstić information content (AvgIpc) is 3.20. The first-order valence-corrected chi connectivity index (χ1v) is 12.6. The van der Waals surface area contributed by atoms with Crippen molar-refractivity contribution in [2.24, 2.45) is 0 Å². The fourth-order valence-electron chi connectivity index (χ4n) is 4.58. The smallest absolute Gasteiger partial charge is 0.395 e. The summed E-state index contributed by atoms with van der Waals surface area (Å²) in [5.74, 6) is -0.719. The monoisotopic (exact) mass is 534 g/mol. The number of likely N-dealkylation sites (N-methyl/N-ethyl adjacent to an activating group) is 1. The van der Waals surface area contributed by atoms with Crippen LogP contribution in [0.25, 0.3) is 10.8 Å². The molecule has 3 heterocycles. The number of amides is 1. The Hall–Kier alpha value is -4.34. The van der Waals surface area contributed by atoms with Crippen LogP contribution in [0.15, 0.2) is 65.7 Å². The van der Waals surface area contributed by atoms with Gasteiger partial charge < -0.3 is 14.4 Å². The normalized spacial score (nSPS) is 14.0. The second kappa shape index (κ2) is 9.76. The number of nitrogens with zero attached hydrogens (tertiary/aromatic N) is 4. The number of fused-ring (bicyclic) bond motifs is 2. The molecule has 5 rings (SSSR count). The molecular weight excluding hydrogens is 506 g/mol. The van der Waals surface area contributed by atoms with Crippen LogP contribution < -0.4 is 19.9 Å². The van der Waals surface area contributed by atoms with E-state index in [-0.39, 0.29) is 35.6 Å². The van der Waals surface area contributed by atoms with Crippen molar-refractivity contribution in [1.82, 2.24) is 14.8 Å². The first-order chi connectivity index (χ1) is 18.4. The molecule has 10 heteroatoms. The van der Waals surface area contributed by atoms with Crippen LogP contribution in [0.3, 0.4) is 0 Å². The first-order valence-electron chi connectivity index (χ1n) is 12.6. The van der Waals surface area contributed by atoms with Crippen molar-refractivity contribution in [3.63, 3.8) is 0 Å². The van der Waals surface area contributed by atoms with E-state index in [0.717, 1.165) is 11.1 Å². The van der Waals surface area contributed by atoms with Crippen molar-refractivity contribution in [2.45, 2.75) is 52.4 Å². The summed E-state index contributed by atoms with van der Waals surface area (Å²) >= 11 is 0. The topological polar surface area (TPSA) is 86.6 Å². The van der Waals surface area contributed by atoms with Crippen molar-refractivity contribution in [2.75, 3.05) is 11.4 Å². The van der Waals surface area contributed by atoms with Crippen LogP contribution in [0.2, 0.25) is 0 Å². The number of aromatic nitrogens is 3. The number of hydrogen-bond donors (Lipinski definition) is 0. The second-order valence-electron chi connectivity index (χ2n) is 10.4. The molecule has 2 aromatic heterocycles. The Kier molecular flexibility index (Phi) is 6.57. The summed E-state index contributed by atoms with van der Waals surface area (Å²) in [4.78, 5) is 32.6. The number of alkyl halides is 2. The van der Waals surface area contributed by atoms with Gasteiger partial charge in [-0.2, -0.15) is 5.10 Å². The number of benzene rings is 2. The number of pyridine rings is 1. The minimum absolute atomic E-state index is 0.116. The van der Waals surface area contributed by atoms with Gasteiger partial charge in [0.05, 0.1) is 11.1 Å². The summed E-state index contributed by atoms with van der Waals surface area (Å²) in [5.41, 5.74) is 2.29. The van der Waals surface area contributed by atoms with E-state index in [2.05, 4.69) is 40.3 Å². The molecule has 0 aliphatic carbocycles. The Bertz CT molecular complexity index is 1610. The summed E-state index contributed by atoms with van der Waals surface area (Å²) in [6.45, 7) is 7.83. The van der Waals surface area contributed by atoms with E-state index in [1.807, 2.05) is 30.3 Å². The third kappa shape index (κ3) is 5.32. The van der Waals surface area contributed by atoms with Crippen molar-refractivity contribution in [1.29, 1.82) is 0 Å². The van der Waals surface area contributed by atoms with Crippen LogP contribution in [0.4, 0.5) is 14.5 Å². The zero-order valence-electron chi connectivity index (χ0n) is 22.1. The standard InChI is InChI=1S/C29H28F2N4O4/c1-5-34(20-9-11-24-25(15-20)39-29(30,31)38-24)26(36)17-35-27(37)22-14-19(28(2,3)4)8-10-21(22)23(33-35)13-18-7-6-12-32-16-18/h6-12,14-16H,5,13,17H2,1-4H3. The molecule has 2 aromatic carbocycles. The van der Waals surface area contributed by atoms with Gasteiger partial charge in [-0.25, -0.2) is 4.68 Å². The Morgan fingerprint density at radius 2 is 1.82 bits per heavy atom. The van der Waals surface area contributed by atoms with Gasteiger partial charge in [0.2, 0.25) is 5.91 Å². The number of rotatable bonds is 6. The van der Waals surface area contributed by atoms with Gasteiger partial charge in [0, 0.05) is 42.5 Å². The van der Waals surface area contributed by atoms with Crippen LogP contribution >= 0.6 is 0 Å². The predicted octanol–water partition coefficient (Wildman–Crippen LogP) is 5.05. The van der Waals surface area contributed by atoms with Crippen molar-refractivity contribution in [3.05, 3.63) is 88.1 Å². The number of ether oxygens (including phenoxy) is 2. The van der Waals surface area contributed by atoms with Crippen LogP contribution in [0, 0.1) is 0 Å². The highest BCUT2D eigenvalue weighted by atomic mass is 19.3. The number of hydrogen-bond acceptors (Lipinski definition) is 6. The Morgan fingerprint density at radius 3 is 2.51 bits per heavy atom. The van der Waals surface area contributed by atoms with Crippen LogP contribution in [0.5, 0.6) is 11.5 Å². The predicted molar refractivity (Wildman–Crippen MR) is 142 cm³/mol. The lowest BCUT2D eigenvalue weighted by Gasteiger charge is -2.22. The Balaban J connectivity index is 1.53. The number of carbonyl (C=O) groups is 1. The molecule has 0 saturated carbocycles. The lowest BCUT2D eigenvalue weighted by Crippen LogP contribution is -2.38. The number of anilines is 1. The Labute approximate surface area is 223 Å². The van der Waals surface area contributed by atoms with E-state index in [9.17, 15) is 18.4 Å². The molecule has 39 heavy (non-hydrogen) atoms. The van der Waals surface area contributed by atoms with Gasteiger partial charge in [-0.3, -0.25) is 14.6 Å². The van der Waals surface area contributed by atoms with Gasteiger partial charge in [-0.05, 0) is 47.7 Å². The van der Waals surface area contributed by atoms with Gasteiger partial charge in [0.1, 0.15) is 6.54 Å². The van der Waals surface area contributed by atoms with Gasteiger partial charge in [-0.1, -0.05) is 39.0 Å². The minimum atomic E-state index is -3.76. The van der Waals surface area contributed by atoms with Crippen molar-refractivity contribution < 1.29 is 23.0 Å². The second-order valence-corrected chi connectivity index (χ2v) is 10.4. The third-order valence-corrected chi connectivity index (χ3v) is 6.60. The SMILES string of the molecule is CCN(C(=O)Cn1nc(Cc2cccnc2)c2ccc(C(C)(C)C)cc2c1=O)c1ccc2c(c1)OC(F)(F)O2. The van der Waals surface area contributed by atoms with Crippen molar-refractivity contribution in [3.8, 4) is 11.5 Å². The summed E-state index contributed by atoms with van der Waals surface area (Å²) < 4.78 is 37.1. The molecule has 1 aliphatic rings. The van der Waals surface area contributed by atoms with Gasteiger partial charge >= 0.3 is 6.29 Å². The summed E-state index contributed by atoms with van der Waals surface area (Å²) in [6, 6.07) is 13.6. The number of carbonyl (C=O) groups excluding carboxylic acids is 1. The molecule has 202 valence electrons. The maximum atomic E-state index is 13.6. The molecule has 0 fully saturated rings. The van der Waals surface area contributed by atoms with Crippen LogP contribution in [0.1, 0.15) is 44.5 Å². The van der Waals surface area contributed by atoms with Gasteiger partial charge in [-0.15, -0.1) is 8.78 Å². The lowest BCUT2D eigenvalue weighted by atomic mass is 9.86. The van der Waals surface area contributed by atoms with Crippen LogP contribution in [-0.4, -0.2) is 33.5 Å². The summed E-state index contributed by atoms with van der Waals surface area (Å²) in [5, 5.41) is 5.78. The molecule has 0 bridgehead atoms. The molecule has 1 aliphatic heterocycles. The first kappa shape index (κ1) is 26.3. The van der Waals surface area contributed by atoms with E-state index in [1.54, 1.807) is 19.3 Å². The number of halogens is 2. The molecule has 0 saturated heterocycles. The lowest BCUT2D eigenvalue weighted by molar-refractivity contribution is -0.286. The van der Waals surface area contributed by atoms with Crippen molar-refractivity contribution >= 4 is 22.4 Å². The minimum Gasteiger partial charge on any atom is -0.395 e. The molecule has 8 nitrogen and oxygen atoms in total. The zero-order chi connectivity index (χ0) is 27.9. The van der Waals surface area contributed by atoms with E-state index in [0.29, 0.717) is 28.6 Å². The zero-order valence-corrected chi connectivity index (χ0v) is 22.1. The highest BCUT2D eigenvalue weighted by molar-refractivity contribution is 5.94. The van der Waals surface area contributed by atoms with E-state index < -0.39 is 12.2 Å². The van der Waals surface area contributed by atoms with E-state index >= 15 is 0 Å². The maximum Gasteiger partial charge on any atom is 0.586 e.